The Kier molecular flexibility index (Phi) is 4.96. The van der Waals surface area contributed by atoms with Crippen LogP contribution in [0.4, 0.5) is 0 Å². The summed E-state index contributed by atoms with van der Waals surface area (Å²) < 4.78 is 5.42. The zero-order valence-electron chi connectivity index (χ0n) is 14.0. The molecule has 3 aliphatic heterocycles. The third-order valence-corrected chi connectivity index (χ3v) is 5.03. The maximum absolute atomic E-state index is 12.8. The van der Waals surface area contributed by atoms with Crippen LogP contribution in [0.1, 0.15) is 26.7 Å². The summed E-state index contributed by atoms with van der Waals surface area (Å²) in [5.41, 5.74) is 0.529. The van der Waals surface area contributed by atoms with Crippen LogP contribution in [-0.2, 0) is 14.3 Å². The SMILES string of the molecule is CCN1N=C(C(=O)N2C[C@H](C)[C@@H](N3CCOCC3)C2)CCC1=O. The summed E-state index contributed by atoms with van der Waals surface area (Å²) in [6.45, 7) is 9.54. The highest BCUT2D eigenvalue weighted by Gasteiger charge is 2.38. The van der Waals surface area contributed by atoms with Crippen molar-refractivity contribution < 1.29 is 14.3 Å². The van der Waals surface area contributed by atoms with Gasteiger partial charge in [0.05, 0.1) is 13.2 Å². The molecule has 7 heteroatoms. The lowest BCUT2D eigenvalue weighted by Gasteiger charge is -2.34. The van der Waals surface area contributed by atoms with Gasteiger partial charge in [-0.25, -0.2) is 5.01 Å². The Morgan fingerprint density at radius 2 is 2.00 bits per heavy atom. The van der Waals surface area contributed by atoms with Gasteiger partial charge in [-0.2, -0.15) is 5.10 Å². The molecule has 0 aliphatic carbocycles. The van der Waals surface area contributed by atoms with Gasteiger partial charge in [-0.15, -0.1) is 0 Å². The fourth-order valence-corrected chi connectivity index (χ4v) is 3.69. The maximum atomic E-state index is 12.8. The molecule has 2 fully saturated rings. The summed E-state index contributed by atoms with van der Waals surface area (Å²) in [5, 5.41) is 5.68. The van der Waals surface area contributed by atoms with Crippen molar-refractivity contribution in [1.82, 2.24) is 14.8 Å². The Morgan fingerprint density at radius 3 is 2.70 bits per heavy atom. The Morgan fingerprint density at radius 1 is 1.26 bits per heavy atom. The van der Waals surface area contributed by atoms with Gasteiger partial charge in [0.1, 0.15) is 5.71 Å². The summed E-state index contributed by atoms with van der Waals surface area (Å²) >= 11 is 0. The van der Waals surface area contributed by atoms with E-state index in [1.165, 1.54) is 5.01 Å². The molecule has 3 rings (SSSR count). The topological polar surface area (TPSA) is 65.5 Å². The molecule has 7 nitrogen and oxygen atoms in total. The first kappa shape index (κ1) is 16.4. The number of carbonyl (C=O) groups excluding carboxylic acids is 2. The van der Waals surface area contributed by atoms with E-state index >= 15 is 0 Å². The van der Waals surface area contributed by atoms with Crippen LogP contribution < -0.4 is 0 Å². The van der Waals surface area contributed by atoms with E-state index < -0.39 is 0 Å². The predicted molar refractivity (Wildman–Crippen MR) is 86.0 cm³/mol. The molecular formula is C16H26N4O3. The standard InChI is InChI=1S/C16H26N4O3/c1-3-20-15(21)5-4-13(17-20)16(22)19-10-12(2)14(11-19)18-6-8-23-9-7-18/h12,14H,3-11H2,1-2H3/t12-,14-/m0/s1. The minimum Gasteiger partial charge on any atom is -0.379 e. The first-order valence-electron chi connectivity index (χ1n) is 8.59. The number of likely N-dealkylation sites (tertiary alicyclic amines) is 1. The molecule has 0 N–H and O–H groups in total. The molecule has 0 unspecified atom stereocenters. The van der Waals surface area contributed by atoms with E-state index in [0.29, 0.717) is 37.1 Å². The van der Waals surface area contributed by atoms with Gasteiger partial charge in [-0.1, -0.05) is 6.92 Å². The number of hydrogen-bond acceptors (Lipinski definition) is 5. The van der Waals surface area contributed by atoms with Crippen molar-refractivity contribution in [2.24, 2.45) is 11.0 Å². The molecule has 0 aromatic rings. The van der Waals surface area contributed by atoms with Crippen molar-refractivity contribution in [3.63, 3.8) is 0 Å². The van der Waals surface area contributed by atoms with Crippen LogP contribution in [0.5, 0.6) is 0 Å². The molecule has 3 aliphatic rings. The summed E-state index contributed by atoms with van der Waals surface area (Å²) in [4.78, 5) is 28.8. The van der Waals surface area contributed by atoms with Crippen molar-refractivity contribution >= 4 is 17.5 Å². The molecule has 3 heterocycles. The van der Waals surface area contributed by atoms with Crippen LogP contribution in [0.25, 0.3) is 0 Å². The molecule has 0 saturated carbocycles. The van der Waals surface area contributed by atoms with Gasteiger partial charge in [0, 0.05) is 51.6 Å². The normalized spacial score (nSPS) is 29.8. The summed E-state index contributed by atoms with van der Waals surface area (Å²) in [5.74, 6) is 0.453. The molecule has 0 aromatic carbocycles. The molecule has 23 heavy (non-hydrogen) atoms. The fraction of sp³-hybridized carbons (Fsp3) is 0.812. The summed E-state index contributed by atoms with van der Waals surface area (Å²) in [6.07, 6.45) is 0.843. The lowest BCUT2D eigenvalue weighted by atomic mass is 10.0. The third kappa shape index (κ3) is 3.40. The predicted octanol–water partition coefficient (Wildman–Crippen LogP) is 0.164. The molecule has 2 atom stereocenters. The van der Waals surface area contributed by atoms with E-state index in [0.717, 1.165) is 39.4 Å². The number of nitrogens with zero attached hydrogens (tertiary/aromatic N) is 4. The second kappa shape index (κ2) is 6.97. The highest BCUT2D eigenvalue weighted by molar-refractivity contribution is 6.39. The zero-order chi connectivity index (χ0) is 16.4. The Balaban J connectivity index is 1.65. The number of hydrogen-bond donors (Lipinski definition) is 0. The van der Waals surface area contributed by atoms with Gasteiger partial charge in [0.15, 0.2) is 0 Å². The van der Waals surface area contributed by atoms with Crippen LogP contribution in [0, 0.1) is 5.92 Å². The number of rotatable bonds is 3. The largest absolute Gasteiger partial charge is 0.379 e. The van der Waals surface area contributed by atoms with Crippen LogP contribution in [0.15, 0.2) is 5.10 Å². The molecule has 0 radical (unpaired) electrons. The first-order chi connectivity index (χ1) is 11.1. The molecule has 2 saturated heterocycles. The molecule has 2 amide bonds. The second-order valence-corrected chi connectivity index (χ2v) is 6.56. The fourth-order valence-electron chi connectivity index (χ4n) is 3.69. The molecule has 128 valence electrons. The van der Waals surface area contributed by atoms with Gasteiger partial charge in [0.2, 0.25) is 5.91 Å². The van der Waals surface area contributed by atoms with E-state index in [9.17, 15) is 9.59 Å². The Hall–Kier alpha value is -1.47. The lowest BCUT2D eigenvalue weighted by Crippen LogP contribution is -2.47. The first-order valence-corrected chi connectivity index (χ1v) is 8.59. The quantitative estimate of drug-likeness (QED) is 0.743. The molecule has 0 bridgehead atoms. The van der Waals surface area contributed by atoms with Crippen molar-refractivity contribution in [3.8, 4) is 0 Å². The van der Waals surface area contributed by atoms with Crippen molar-refractivity contribution in [2.45, 2.75) is 32.7 Å². The van der Waals surface area contributed by atoms with Crippen molar-refractivity contribution in [1.29, 1.82) is 0 Å². The van der Waals surface area contributed by atoms with E-state index in [1.54, 1.807) is 0 Å². The smallest absolute Gasteiger partial charge is 0.270 e. The van der Waals surface area contributed by atoms with Gasteiger partial charge < -0.3 is 9.64 Å². The monoisotopic (exact) mass is 322 g/mol. The number of carbonyl (C=O) groups is 2. The van der Waals surface area contributed by atoms with Crippen LogP contribution in [0.2, 0.25) is 0 Å². The molecular weight excluding hydrogens is 296 g/mol. The second-order valence-electron chi connectivity index (χ2n) is 6.56. The van der Waals surface area contributed by atoms with Gasteiger partial charge in [-0.05, 0) is 12.8 Å². The third-order valence-electron chi connectivity index (χ3n) is 5.03. The van der Waals surface area contributed by atoms with E-state index in [-0.39, 0.29) is 11.8 Å². The highest BCUT2D eigenvalue weighted by Crippen LogP contribution is 2.24. The molecule has 0 spiro atoms. The number of ether oxygens (including phenoxy) is 1. The average Bonchev–Trinajstić information content (AvgIpc) is 2.97. The van der Waals surface area contributed by atoms with Gasteiger partial charge in [0.25, 0.3) is 5.91 Å². The van der Waals surface area contributed by atoms with Crippen LogP contribution >= 0.6 is 0 Å². The minimum absolute atomic E-state index is 0.00133. The zero-order valence-corrected chi connectivity index (χ0v) is 14.0. The van der Waals surface area contributed by atoms with Crippen LogP contribution in [0.3, 0.4) is 0 Å². The van der Waals surface area contributed by atoms with Crippen molar-refractivity contribution in [2.75, 3.05) is 45.9 Å². The minimum atomic E-state index is -0.00133. The Labute approximate surface area is 137 Å². The lowest BCUT2D eigenvalue weighted by molar-refractivity contribution is -0.131. The summed E-state index contributed by atoms with van der Waals surface area (Å²) in [6, 6.07) is 0.399. The molecule has 0 aromatic heterocycles. The van der Waals surface area contributed by atoms with E-state index in [1.807, 2.05) is 11.8 Å². The van der Waals surface area contributed by atoms with Gasteiger partial charge >= 0.3 is 0 Å². The number of morpholine rings is 1. The number of amides is 2. The summed E-state index contributed by atoms with van der Waals surface area (Å²) in [7, 11) is 0. The van der Waals surface area contributed by atoms with E-state index in [4.69, 9.17) is 4.74 Å². The van der Waals surface area contributed by atoms with Gasteiger partial charge in [-0.3, -0.25) is 14.5 Å². The average molecular weight is 322 g/mol. The highest BCUT2D eigenvalue weighted by atomic mass is 16.5. The van der Waals surface area contributed by atoms with Crippen molar-refractivity contribution in [3.05, 3.63) is 0 Å². The number of hydrazone groups is 1. The van der Waals surface area contributed by atoms with Crippen LogP contribution in [-0.4, -0.2) is 84.3 Å². The van der Waals surface area contributed by atoms with E-state index in [2.05, 4.69) is 16.9 Å². The maximum Gasteiger partial charge on any atom is 0.270 e. The Bertz CT molecular complexity index is 502.